The van der Waals surface area contributed by atoms with Crippen molar-refractivity contribution < 1.29 is 0 Å². The van der Waals surface area contributed by atoms with Gasteiger partial charge in [-0.15, -0.1) is 0 Å². The van der Waals surface area contributed by atoms with Gasteiger partial charge in [-0.3, -0.25) is 5.43 Å². The fourth-order valence-electron chi connectivity index (χ4n) is 2.07. The minimum atomic E-state index is 0.532. The zero-order valence-corrected chi connectivity index (χ0v) is 8.87. The van der Waals surface area contributed by atoms with E-state index in [1.165, 1.54) is 38.5 Å². The number of hydrazine groups is 1. The van der Waals surface area contributed by atoms with Crippen LogP contribution in [0.1, 0.15) is 38.5 Å². The van der Waals surface area contributed by atoms with Gasteiger partial charge in [0, 0.05) is 13.1 Å². The molecule has 0 bridgehead atoms. The summed E-state index contributed by atoms with van der Waals surface area (Å²) in [7, 11) is 2.09. The maximum absolute atomic E-state index is 5.49. The van der Waals surface area contributed by atoms with Crippen LogP contribution in [0.4, 0.5) is 0 Å². The Morgan fingerprint density at radius 2 is 1.93 bits per heavy atom. The standard InChI is InChI=1S/C10H20N4/c1-14(9-4-2-3-5-9)10(13-11)12-8-6-7-8/h8-9H,2-7,11H2,1H3,(H,12,13). The zero-order valence-electron chi connectivity index (χ0n) is 8.87. The second kappa shape index (κ2) is 4.17. The number of nitrogens with two attached hydrogens (primary N) is 1. The molecule has 0 aromatic heterocycles. The van der Waals surface area contributed by atoms with Crippen LogP contribution >= 0.6 is 0 Å². The van der Waals surface area contributed by atoms with E-state index in [0.717, 1.165) is 5.96 Å². The predicted molar refractivity (Wildman–Crippen MR) is 57.8 cm³/mol. The van der Waals surface area contributed by atoms with E-state index in [9.17, 15) is 0 Å². The summed E-state index contributed by atoms with van der Waals surface area (Å²) >= 11 is 0. The van der Waals surface area contributed by atoms with Crippen LogP contribution in [0.2, 0.25) is 0 Å². The molecule has 0 saturated heterocycles. The molecule has 0 aliphatic heterocycles. The summed E-state index contributed by atoms with van der Waals surface area (Å²) < 4.78 is 0. The highest BCUT2D eigenvalue weighted by Gasteiger charge is 2.25. The molecular weight excluding hydrogens is 176 g/mol. The Morgan fingerprint density at radius 1 is 1.29 bits per heavy atom. The molecule has 2 rings (SSSR count). The summed E-state index contributed by atoms with van der Waals surface area (Å²) in [6, 6.07) is 1.17. The highest BCUT2D eigenvalue weighted by Crippen LogP contribution is 2.26. The summed E-state index contributed by atoms with van der Waals surface area (Å²) in [4.78, 5) is 6.77. The third kappa shape index (κ3) is 2.18. The van der Waals surface area contributed by atoms with Gasteiger partial charge in [-0.25, -0.2) is 10.8 Å². The molecule has 0 amide bonds. The number of rotatable bonds is 2. The van der Waals surface area contributed by atoms with Gasteiger partial charge in [0.25, 0.3) is 0 Å². The fourth-order valence-corrected chi connectivity index (χ4v) is 2.07. The lowest BCUT2D eigenvalue weighted by Gasteiger charge is -2.27. The molecule has 0 aromatic rings. The second-order valence-electron chi connectivity index (χ2n) is 4.38. The third-order valence-electron chi connectivity index (χ3n) is 3.19. The molecule has 2 aliphatic rings. The van der Waals surface area contributed by atoms with Gasteiger partial charge < -0.3 is 4.90 Å². The Kier molecular flexibility index (Phi) is 2.91. The van der Waals surface area contributed by atoms with Gasteiger partial charge in [0.2, 0.25) is 5.96 Å². The molecule has 0 unspecified atom stereocenters. The second-order valence-corrected chi connectivity index (χ2v) is 4.38. The first-order valence-corrected chi connectivity index (χ1v) is 5.58. The average molecular weight is 196 g/mol. The van der Waals surface area contributed by atoms with Crippen LogP contribution in [-0.2, 0) is 0 Å². The van der Waals surface area contributed by atoms with Crippen molar-refractivity contribution in [3.05, 3.63) is 0 Å². The van der Waals surface area contributed by atoms with E-state index in [2.05, 4.69) is 22.4 Å². The van der Waals surface area contributed by atoms with Crippen molar-refractivity contribution in [2.75, 3.05) is 7.05 Å². The van der Waals surface area contributed by atoms with E-state index in [1.54, 1.807) is 0 Å². The molecule has 2 aliphatic carbocycles. The largest absolute Gasteiger partial charge is 0.342 e. The quantitative estimate of drug-likeness (QED) is 0.298. The summed E-state index contributed by atoms with van der Waals surface area (Å²) in [6.45, 7) is 0. The molecule has 2 saturated carbocycles. The highest BCUT2D eigenvalue weighted by molar-refractivity contribution is 5.79. The maximum Gasteiger partial charge on any atom is 0.208 e. The minimum absolute atomic E-state index is 0.532. The van der Waals surface area contributed by atoms with Gasteiger partial charge in [-0.1, -0.05) is 12.8 Å². The van der Waals surface area contributed by atoms with Gasteiger partial charge in [-0.05, 0) is 25.7 Å². The maximum atomic E-state index is 5.49. The van der Waals surface area contributed by atoms with Gasteiger partial charge in [-0.2, -0.15) is 0 Å². The van der Waals surface area contributed by atoms with Crippen LogP contribution < -0.4 is 11.3 Å². The molecule has 0 aromatic carbocycles. The predicted octanol–water partition coefficient (Wildman–Crippen LogP) is 0.842. The Morgan fingerprint density at radius 3 is 2.43 bits per heavy atom. The van der Waals surface area contributed by atoms with Gasteiger partial charge >= 0.3 is 0 Å². The smallest absolute Gasteiger partial charge is 0.208 e. The van der Waals surface area contributed by atoms with E-state index < -0.39 is 0 Å². The van der Waals surface area contributed by atoms with E-state index >= 15 is 0 Å². The van der Waals surface area contributed by atoms with Crippen molar-refractivity contribution in [1.82, 2.24) is 10.3 Å². The number of hydrogen-bond acceptors (Lipinski definition) is 2. The first-order chi connectivity index (χ1) is 6.81. The first-order valence-electron chi connectivity index (χ1n) is 5.58. The van der Waals surface area contributed by atoms with Gasteiger partial charge in [0.05, 0.1) is 6.04 Å². The van der Waals surface area contributed by atoms with E-state index in [-0.39, 0.29) is 0 Å². The molecule has 0 radical (unpaired) electrons. The molecule has 3 N–H and O–H groups in total. The normalized spacial score (nSPS) is 24.0. The van der Waals surface area contributed by atoms with Crippen LogP contribution in [0.15, 0.2) is 4.99 Å². The summed E-state index contributed by atoms with van der Waals surface area (Å²) in [5.74, 6) is 6.37. The molecule has 0 spiro atoms. The molecule has 2 fully saturated rings. The van der Waals surface area contributed by atoms with Crippen LogP contribution in [0.3, 0.4) is 0 Å². The van der Waals surface area contributed by atoms with Crippen LogP contribution in [0.25, 0.3) is 0 Å². The summed E-state index contributed by atoms with van der Waals surface area (Å²) in [5, 5.41) is 0. The Balaban J connectivity index is 1.95. The van der Waals surface area contributed by atoms with E-state index in [1.807, 2.05) is 0 Å². The van der Waals surface area contributed by atoms with E-state index in [4.69, 9.17) is 5.84 Å². The first kappa shape index (κ1) is 9.77. The topological polar surface area (TPSA) is 53.6 Å². The van der Waals surface area contributed by atoms with Gasteiger partial charge in [0.1, 0.15) is 0 Å². The van der Waals surface area contributed by atoms with Crippen molar-refractivity contribution in [2.45, 2.75) is 50.6 Å². The third-order valence-corrected chi connectivity index (χ3v) is 3.19. The van der Waals surface area contributed by atoms with Crippen LogP contribution in [0, 0.1) is 0 Å². The average Bonchev–Trinajstić information content (AvgIpc) is 2.84. The Bertz CT molecular complexity index is 216. The fraction of sp³-hybridized carbons (Fsp3) is 0.900. The SMILES string of the molecule is CN(C(=NC1CC1)NN)C1CCCC1. The van der Waals surface area contributed by atoms with Crippen molar-refractivity contribution in [1.29, 1.82) is 0 Å². The lowest BCUT2D eigenvalue weighted by atomic mass is 10.2. The summed E-state index contributed by atoms with van der Waals surface area (Å²) in [6.07, 6.45) is 7.70. The molecule has 80 valence electrons. The molecule has 4 heteroatoms. The lowest BCUT2D eigenvalue weighted by molar-refractivity contribution is 0.358. The zero-order chi connectivity index (χ0) is 9.97. The van der Waals surface area contributed by atoms with Crippen LogP contribution in [0.5, 0.6) is 0 Å². The monoisotopic (exact) mass is 196 g/mol. The minimum Gasteiger partial charge on any atom is -0.342 e. The number of hydrogen-bond donors (Lipinski definition) is 2. The molecule has 14 heavy (non-hydrogen) atoms. The van der Waals surface area contributed by atoms with Crippen molar-refractivity contribution in [3.8, 4) is 0 Å². The van der Waals surface area contributed by atoms with Crippen molar-refractivity contribution in [3.63, 3.8) is 0 Å². The van der Waals surface area contributed by atoms with Crippen molar-refractivity contribution >= 4 is 5.96 Å². The molecule has 4 nitrogen and oxygen atoms in total. The number of guanidine groups is 1. The van der Waals surface area contributed by atoms with Crippen molar-refractivity contribution in [2.24, 2.45) is 10.8 Å². The number of nitrogens with zero attached hydrogens (tertiary/aromatic N) is 2. The molecule has 0 heterocycles. The molecular formula is C10H20N4. The number of aliphatic imine (C=N–C) groups is 1. The molecule has 0 atom stereocenters. The van der Waals surface area contributed by atoms with Gasteiger partial charge in [0.15, 0.2) is 0 Å². The summed E-state index contributed by atoms with van der Waals surface area (Å²) in [5.41, 5.74) is 2.73. The highest BCUT2D eigenvalue weighted by atomic mass is 15.4. The Hall–Kier alpha value is -0.770. The Labute approximate surface area is 85.5 Å². The van der Waals surface area contributed by atoms with E-state index in [0.29, 0.717) is 12.1 Å². The number of nitrogens with one attached hydrogen (secondary N) is 1. The lowest BCUT2D eigenvalue weighted by Crippen LogP contribution is -2.46. The van der Waals surface area contributed by atoms with Crippen LogP contribution in [-0.4, -0.2) is 30.0 Å².